The van der Waals surface area contributed by atoms with Crippen LogP contribution in [0.4, 0.5) is 0 Å². The van der Waals surface area contributed by atoms with Crippen LogP contribution in [0.1, 0.15) is 50.7 Å². The summed E-state index contributed by atoms with van der Waals surface area (Å²) in [6.07, 6.45) is 8.43. The van der Waals surface area contributed by atoms with E-state index in [2.05, 4.69) is 5.32 Å². The van der Waals surface area contributed by atoms with Crippen molar-refractivity contribution in [3.8, 4) is 0 Å². The average Bonchev–Trinajstić information content (AvgIpc) is 2.63. The monoisotopic (exact) mass is 331 g/mol. The Kier molecular flexibility index (Phi) is 7.47. The maximum atomic E-state index is 12.3. The summed E-state index contributed by atoms with van der Waals surface area (Å²) in [5.74, 6) is 0.190. The largest absolute Gasteiger partial charge is 0.392 e. The zero-order valence-electron chi connectivity index (χ0n) is 14.7. The molecular weight excluding hydrogens is 302 g/mol. The highest BCUT2D eigenvalue weighted by Gasteiger charge is 2.25. The molecule has 1 amide bonds. The molecule has 4 heteroatoms. The van der Waals surface area contributed by atoms with Gasteiger partial charge in [-0.05, 0) is 24.3 Å². The molecule has 0 radical (unpaired) electrons. The lowest BCUT2D eigenvalue weighted by Crippen LogP contribution is -2.29. The summed E-state index contributed by atoms with van der Waals surface area (Å²) < 4.78 is 5.30. The Hall–Kier alpha value is -1.65. The summed E-state index contributed by atoms with van der Waals surface area (Å²) in [6.45, 7) is 1.99. The molecule has 0 saturated heterocycles. The Bertz CT molecular complexity index is 523. The van der Waals surface area contributed by atoms with Gasteiger partial charge in [0, 0.05) is 19.2 Å². The summed E-state index contributed by atoms with van der Waals surface area (Å²) in [5, 5.41) is 13.2. The molecule has 2 rings (SSSR count). The first-order valence-corrected chi connectivity index (χ1v) is 8.86. The fraction of sp³-hybridized carbons (Fsp3) is 0.550. The van der Waals surface area contributed by atoms with Gasteiger partial charge in [0.05, 0.1) is 6.10 Å². The Labute approximate surface area is 144 Å². The second kappa shape index (κ2) is 9.60. The van der Waals surface area contributed by atoms with Crippen molar-refractivity contribution in [2.75, 3.05) is 7.11 Å². The number of aliphatic hydroxyl groups excluding tert-OH is 1. The van der Waals surface area contributed by atoms with Gasteiger partial charge in [0.2, 0.25) is 0 Å². The SMILES string of the molecule is COC(C(=O)N/C=C/[C@H](C)[C@@H](O)C1CCCCC1)c1ccccc1. The van der Waals surface area contributed by atoms with Crippen molar-refractivity contribution in [3.05, 3.63) is 48.2 Å². The number of hydrogen-bond donors (Lipinski definition) is 2. The Morgan fingerprint density at radius 2 is 1.92 bits per heavy atom. The summed E-state index contributed by atoms with van der Waals surface area (Å²) in [5.41, 5.74) is 0.821. The van der Waals surface area contributed by atoms with Crippen molar-refractivity contribution in [1.82, 2.24) is 5.32 Å². The van der Waals surface area contributed by atoms with Crippen LogP contribution in [0.15, 0.2) is 42.6 Å². The smallest absolute Gasteiger partial charge is 0.257 e. The van der Waals surface area contributed by atoms with Crippen molar-refractivity contribution in [3.63, 3.8) is 0 Å². The van der Waals surface area contributed by atoms with E-state index in [4.69, 9.17) is 4.74 Å². The minimum Gasteiger partial charge on any atom is -0.392 e. The molecule has 0 aliphatic heterocycles. The predicted octanol–water partition coefficient (Wildman–Crippen LogP) is 3.58. The molecule has 1 aromatic carbocycles. The lowest BCUT2D eigenvalue weighted by Gasteiger charge is -2.29. The van der Waals surface area contributed by atoms with Crippen LogP contribution >= 0.6 is 0 Å². The Morgan fingerprint density at radius 3 is 2.54 bits per heavy atom. The number of carbonyl (C=O) groups is 1. The second-order valence-electron chi connectivity index (χ2n) is 6.64. The highest BCUT2D eigenvalue weighted by atomic mass is 16.5. The van der Waals surface area contributed by atoms with Crippen LogP contribution < -0.4 is 5.32 Å². The summed E-state index contributed by atoms with van der Waals surface area (Å²) in [6, 6.07) is 9.41. The zero-order valence-corrected chi connectivity index (χ0v) is 14.7. The number of aliphatic hydroxyl groups is 1. The van der Waals surface area contributed by atoms with E-state index in [1.54, 1.807) is 6.20 Å². The number of nitrogens with one attached hydrogen (secondary N) is 1. The van der Waals surface area contributed by atoms with Gasteiger partial charge in [-0.3, -0.25) is 4.79 Å². The first-order chi connectivity index (χ1) is 11.6. The molecule has 1 aromatic rings. The molecule has 1 saturated carbocycles. The molecule has 0 spiro atoms. The van der Waals surface area contributed by atoms with Crippen molar-refractivity contribution < 1.29 is 14.6 Å². The highest BCUT2D eigenvalue weighted by molar-refractivity contribution is 5.83. The van der Waals surface area contributed by atoms with Gasteiger partial charge in [0.1, 0.15) is 0 Å². The standard InChI is InChI=1S/C20H29NO3/c1-15(18(22)16-9-5-3-6-10-16)13-14-21-20(23)19(24-2)17-11-7-4-8-12-17/h4,7-8,11-16,18-19,22H,3,5-6,9-10H2,1-2H3,(H,21,23)/b14-13+/t15-,18+,19?/m0/s1. The lowest BCUT2D eigenvalue weighted by molar-refractivity contribution is -0.130. The van der Waals surface area contributed by atoms with E-state index in [1.165, 1.54) is 26.4 Å². The normalized spacial score (nSPS) is 19.8. The lowest BCUT2D eigenvalue weighted by atomic mass is 9.81. The Balaban J connectivity index is 1.86. The third kappa shape index (κ3) is 5.18. The number of methoxy groups -OCH3 is 1. The van der Waals surface area contributed by atoms with Crippen LogP contribution in [0.3, 0.4) is 0 Å². The van der Waals surface area contributed by atoms with Crippen molar-refractivity contribution in [2.45, 2.75) is 51.2 Å². The third-order valence-electron chi connectivity index (χ3n) is 4.87. The van der Waals surface area contributed by atoms with Gasteiger partial charge in [-0.2, -0.15) is 0 Å². The molecule has 0 bridgehead atoms. The van der Waals surface area contributed by atoms with Crippen LogP contribution in [-0.2, 0) is 9.53 Å². The molecule has 1 fully saturated rings. The first kappa shape index (κ1) is 18.7. The Morgan fingerprint density at radius 1 is 1.25 bits per heavy atom. The van der Waals surface area contributed by atoms with Gasteiger partial charge >= 0.3 is 0 Å². The van der Waals surface area contributed by atoms with Gasteiger partial charge in [0.15, 0.2) is 6.10 Å². The molecule has 2 N–H and O–H groups in total. The minimum atomic E-state index is -0.630. The molecule has 1 aliphatic rings. The van der Waals surface area contributed by atoms with Crippen LogP contribution in [0, 0.1) is 11.8 Å². The van der Waals surface area contributed by atoms with E-state index in [1.807, 2.05) is 43.3 Å². The third-order valence-corrected chi connectivity index (χ3v) is 4.87. The number of hydrogen-bond acceptors (Lipinski definition) is 3. The molecular formula is C20H29NO3. The molecule has 0 heterocycles. The van der Waals surface area contributed by atoms with Crippen molar-refractivity contribution >= 4 is 5.91 Å². The van der Waals surface area contributed by atoms with Gasteiger partial charge in [-0.1, -0.05) is 62.6 Å². The van der Waals surface area contributed by atoms with E-state index in [0.29, 0.717) is 5.92 Å². The number of benzene rings is 1. The predicted molar refractivity (Wildman–Crippen MR) is 95.2 cm³/mol. The summed E-state index contributed by atoms with van der Waals surface area (Å²) in [4.78, 5) is 12.3. The van der Waals surface area contributed by atoms with Crippen LogP contribution in [0.2, 0.25) is 0 Å². The van der Waals surface area contributed by atoms with Crippen LogP contribution in [-0.4, -0.2) is 24.2 Å². The highest BCUT2D eigenvalue weighted by Crippen LogP contribution is 2.29. The maximum absolute atomic E-state index is 12.3. The maximum Gasteiger partial charge on any atom is 0.257 e. The van der Waals surface area contributed by atoms with E-state index in [-0.39, 0.29) is 17.9 Å². The number of ether oxygens (including phenoxy) is 1. The number of amides is 1. The van der Waals surface area contributed by atoms with Gasteiger partial charge in [0.25, 0.3) is 5.91 Å². The van der Waals surface area contributed by atoms with Crippen molar-refractivity contribution in [2.24, 2.45) is 11.8 Å². The van der Waals surface area contributed by atoms with Crippen LogP contribution in [0.5, 0.6) is 0 Å². The van der Waals surface area contributed by atoms with Crippen molar-refractivity contribution in [1.29, 1.82) is 0 Å². The first-order valence-electron chi connectivity index (χ1n) is 8.86. The molecule has 132 valence electrons. The second-order valence-corrected chi connectivity index (χ2v) is 6.64. The topological polar surface area (TPSA) is 58.6 Å². The molecule has 1 unspecified atom stereocenters. The van der Waals surface area contributed by atoms with E-state index < -0.39 is 6.10 Å². The van der Waals surface area contributed by atoms with E-state index >= 15 is 0 Å². The molecule has 24 heavy (non-hydrogen) atoms. The van der Waals surface area contributed by atoms with E-state index in [0.717, 1.165) is 18.4 Å². The van der Waals surface area contributed by atoms with Gasteiger partial charge < -0.3 is 15.2 Å². The van der Waals surface area contributed by atoms with Gasteiger partial charge in [-0.15, -0.1) is 0 Å². The quantitative estimate of drug-likeness (QED) is 0.803. The number of carbonyl (C=O) groups excluding carboxylic acids is 1. The average molecular weight is 331 g/mol. The minimum absolute atomic E-state index is 0.0196. The summed E-state index contributed by atoms with van der Waals surface area (Å²) >= 11 is 0. The zero-order chi connectivity index (χ0) is 17.4. The molecule has 1 aliphatic carbocycles. The van der Waals surface area contributed by atoms with E-state index in [9.17, 15) is 9.90 Å². The van der Waals surface area contributed by atoms with Crippen LogP contribution in [0.25, 0.3) is 0 Å². The fourth-order valence-electron chi connectivity index (χ4n) is 3.40. The molecule has 3 atom stereocenters. The number of rotatable bonds is 7. The fourth-order valence-corrected chi connectivity index (χ4v) is 3.40. The molecule has 4 nitrogen and oxygen atoms in total. The summed E-state index contributed by atoms with van der Waals surface area (Å²) in [7, 11) is 1.52. The van der Waals surface area contributed by atoms with Gasteiger partial charge in [-0.25, -0.2) is 0 Å². The molecule has 0 aromatic heterocycles.